The number of hydrogen-bond acceptors (Lipinski definition) is 6. The van der Waals surface area contributed by atoms with Crippen molar-refractivity contribution in [2.75, 3.05) is 44.3 Å². The summed E-state index contributed by atoms with van der Waals surface area (Å²) >= 11 is 0. The third kappa shape index (κ3) is 4.64. The second kappa shape index (κ2) is 7.04. The number of amides is 1. The molecule has 2 fully saturated rings. The van der Waals surface area contributed by atoms with Gasteiger partial charge in [0, 0.05) is 31.7 Å². The molecule has 0 spiro atoms. The molecule has 1 unspecified atom stereocenters. The molecule has 0 aliphatic carbocycles. The number of hydrogen-bond donors (Lipinski definition) is 2. The van der Waals surface area contributed by atoms with Crippen molar-refractivity contribution in [2.24, 2.45) is 5.73 Å². The molecule has 21 heavy (non-hydrogen) atoms. The quantitative estimate of drug-likeness (QED) is 0.634. The van der Waals surface area contributed by atoms with Gasteiger partial charge in [-0.05, 0) is 19.3 Å². The number of nitrogens with two attached hydrogens (primary N) is 1. The lowest BCUT2D eigenvalue weighted by Gasteiger charge is -2.33. The van der Waals surface area contributed by atoms with Crippen LogP contribution in [0.5, 0.6) is 0 Å². The molecule has 122 valence electrons. The van der Waals surface area contributed by atoms with E-state index in [2.05, 4.69) is 4.90 Å². The second-order valence-corrected chi connectivity index (χ2v) is 8.21. The van der Waals surface area contributed by atoms with Gasteiger partial charge in [0.1, 0.15) is 0 Å². The fourth-order valence-electron chi connectivity index (χ4n) is 3.03. The topological polar surface area (TPSA) is 104 Å². The van der Waals surface area contributed by atoms with E-state index in [4.69, 9.17) is 10.8 Å². The number of piperidine rings is 1. The molecule has 1 atom stereocenters. The second-order valence-electron chi connectivity index (χ2n) is 5.98. The number of carbonyl (C=O) groups is 1. The minimum Gasteiger partial charge on any atom is -0.395 e. The standard InChI is InChI=1S/C13H25N3O4S/c14-11-1-4-15(5-2-11)9-13(18)16(6-7-17)12-3-8-21(19,20)10-12/h11-12,17H,1-10,14H2. The Kier molecular flexibility index (Phi) is 5.59. The zero-order chi connectivity index (χ0) is 15.5. The molecule has 8 heteroatoms. The van der Waals surface area contributed by atoms with E-state index < -0.39 is 9.84 Å². The van der Waals surface area contributed by atoms with E-state index in [0.717, 1.165) is 25.9 Å². The molecular weight excluding hydrogens is 294 g/mol. The number of aliphatic hydroxyl groups excluding tert-OH is 1. The van der Waals surface area contributed by atoms with Crippen molar-refractivity contribution >= 4 is 15.7 Å². The van der Waals surface area contributed by atoms with Crippen LogP contribution >= 0.6 is 0 Å². The highest BCUT2D eigenvalue weighted by Gasteiger charge is 2.34. The van der Waals surface area contributed by atoms with E-state index in [9.17, 15) is 13.2 Å². The molecular formula is C13H25N3O4S. The summed E-state index contributed by atoms with van der Waals surface area (Å²) in [6.07, 6.45) is 2.23. The summed E-state index contributed by atoms with van der Waals surface area (Å²) in [5, 5.41) is 9.14. The Labute approximate surface area is 126 Å². The van der Waals surface area contributed by atoms with Crippen LogP contribution in [0.15, 0.2) is 0 Å². The van der Waals surface area contributed by atoms with Crippen LogP contribution in [0.1, 0.15) is 19.3 Å². The van der Waals surface area contributed by atoms with Gasteiger partial charge in [0.2, 0.25) is 5.91 Å². The van der Waals surface area contributed by atoms with Crippen molar-refractivity contribution in [3.05, 3.63) is 0 Å². The first-order valence-corrected chi connectivity index (χ1v) is 9.32. The first kappa shape index (κ1) is 16.7. The number of carbonyl (C=O) groups excluding carboxylic acids is 1. The molecule has 0 aromatic carbocycles. The molecule has 2 aliphatic heterocycles. The van der Waals surface area contributed by atoms with E-state index in [-0.39, 0.29) is 49.2 Å². The fraction of sp³-hybridized carbons (Fsp3) is 0.923. The summed E-state index contributed by atoms with van der Waals surface area (Å²) in [4.78, 5) is 16.0. The Morgan fingerprint density at radius 3 is 2.48 bits per heavy atom. The molecule has 2 saturated heterocycles. The summed E-state index contributed by atoms with van der Waals surface area (Å²) in [6, 6.07) is -0.0773. The van der Waals surface area contributed by atoms with Crippen LogP contribution in [-0.2, 0) is 14.6 Å². The van der Waals surface area contributed by atoms with E-state index in [1.54, 1.807) is 4.90 Å². The average Bonchev–Trinajstić information content (AvgIpc) is 2.78. The largest absolute Gasteiger partial charge is 0.395 e. The van der Waals surface area contributed by atoms with Crippen LogP contribution in [0.3, 0.4) is 0 Å². The molecule has 2 aliphatic rings. The first-order valence-electron chi connectivity index (χ1n) is 7.50. The summed E-state index contributed by atoms with van der Waals surface area (Å²) in [5.74, 6) is 0.0522. The van der Waals surface area contributed by atoms with E-state index in [1.165, 1.54) is 0 Å². The van der Waals surface area contributed by atoms with Gasteiger partial charge in [0.05, 0.1) is 24.7 Å². The normalized spacial score (nSPS) is 26.9. The summed E-state index contributed by atoms with van der Waals surface area (Å²) in [5.41, 5.74) is 5.84. The maximum absolute atomic E-state index is 12.4. The molecule has 3 N–H and O–H groups in total. The van der Waals surface area contributed by atoms with Gasteiger partial charge < -0.3 is 15.7 Å². The molecule has 0 radical (unpaired) electrons. The number of likely N-dealkylation sites (tertiary alicyclic amines) is 1. The highest BCUT2D eigenvalue weighted by Crippen LogP contribution is 2.18. The number of nitrogens with zero attached hydrogens (tertiary/aromatic N) is 2. The summed E-state index contributed by atoms with van der Waals surface area (Å²) in [6.45, 7) is 1.93. The lowest BCUT2D eigenvalue weighted by atomic mass is 10.1. The van der Waals surface area contributed by atoms with Crippen LogP contribution in [-0.4, -0.2) is 85.6 Å². The van der Waals surface area contributed by atoms with Gasteiger partial charge in [-0.1, -0.05) is 0 Å². The Bertz CT molecular complexity index is 460. The SMILES string of the molecule is NC1CCN(CC(=O)N(CCO)C2CCS(=O)(=O)C2)CC1. The van der Waals surface area contributed by atoms with Crippen LogP contribution in [0.4, 0.5) is 0 Å². The zero-order valence-electron chi connectivity index (χ0n) is 12.3. The Balaban J connectivity index is 1.93. The molecule has 2 heterocycles. The van der Waals surface area contributed by atoms with Crippen molar-refractivity contribution in [1.29, 1.82) is 0 Å². The number of rotatable bonds is 5. The Morgan fingerprint density at radius 1 is 1.29 bits per heavy atom. The van der Waals surface area contributed by atoms with Crippen LogP contribution in [0, 0.1) is 0 Å². The predicted octanol–water partition coefficient (Wildman–Crippen LogP) is -1.58. The molecule has 1 amide bonds. The van der Waals surface area contributed by atoms with E-state index in [1.807, 2.05) is 0 Å². The first-order chi connectivity index (χ1) is 9.91. The summed E-state index contributed by atoms with van der Waals surface area (Å²) < 4.78 is 23.1. The fourth-order valence-corrected chi connectivity index (χ4v) is 4.76. The highest BCUT2D eigenvalue weighted by atomic mass is 32.2. The van der Waals surface area contributed by atoms with Crippen molar-refractivity contribution in [2.45, 2.75) is 31.3 Å². The molecule has 7 nitrogen and oxygen atoms in total. The van der Waals surface area contributed by atoms with Gasteiger partial charge in [-0.2, -0.15) is 0 Å². The van der Waals surface area contributed by atoms with Gasteiger partial charge in [-0.25, -0.2) is 8.42 Å². The van der Waals surface area contributed by atoms with Gasteiger partial charge in [-0.15, -0.1) is 0 Å². The van der Waals surface area contributed by atoms with Gasteiger partial charge in [0.25, 0.3) is 0 Å². The molecule has 0 bridgehead atoms. The average molecular weight is 319 g/mol. The monoisotopic (exact) mass is 319 g/mol. The molecule has 0 aromatic rings. The highest BCUT2D eigenvalue weighted by molar-refractivity contribution is 7.91. The maximum atomic E-state index is 12.4. The smallest absolute Gasteiger partial charge is 0.237 e. The lowest BCUT2D eigenvalue weighted by molar-refractivity contribution is -0.135. The number of sulfone groups is 1. The third-order valence-corrected chi connectivity index (χ3v) is 6.05. The van der Waals surface area contributed by atoms with E-state index in [0.29, 0.717) is 6.42 Å². The molecule has 2 rings (SSSR count). The predicted molar refractivity (Wildman–Crippen MR) is 79.5 cm³/mol. The van der Waals surface area contributed by atoms with Gasteiger partial charge >= 0.3 is 0 Å². The Hall–Kier alpha value is -0.700. The lowest BCUT2D eigenvalue weighted by Crippen LogP contribution is -2.49. The van der Waals surface area contributed by atoms with Crippen molar-refractivity contribution < 1.29 is 18.3 Å². The van der Waals surface area contributed by atoms with Crippen LogP contribution < -0.4 is 5.73 Å². The molecule has 0 saturated carbocycles. The van der Waals surface area contributed by atoms with E-state index >= 15 is 0 Å². The van der Waals surface area contributed by atoms with Crippen molar-refractivity contribution in [1.82, 2.24) is 9.80 Å². The molecule has 0 aromatic heterocycles. The van der Waals surface area contributed by atoms with Crippen LogP contribution in [0.2, 0.25) is 0 Å². The summed E-state index contributed by atoms with van der Waals surface area (Å²) in [7, 11) is -3.04. The van der Waals surface area contributed by atoms with Crippen molar-refractivity contribution in [3.8, 4) is 0 Å². The minimum atomic E-state index is -3.04. The van der Waals surface area contributed by atoms with Crippen molar-refractivity contribution in [3.63, 3.8) is 0 Å². The number of aliphatic hydroxyl groups is 1. The third-order valence-electron chi connectivity index (χ3n) is 4.30. The Morgan fingerprint density at radius 2 is 1.95 bits per heavy atom. The van der Waals surface area contributed by atoms with Gasteiger partial charge in [0.15, 0.2) is 9.84 Å². The van der Waals surface area contributed by atoms with Gasteiger partial charge in [-0.3, -0.25) is 9.69 Å². The minimum absolute atomic E-state index is 0.0175. The zero-order valence-corrected chi connectivity index (χ0v) is 13.1. The maximum Gasteiger partial charge on any atom is 0.237 e. The van der Waals surface area contributed by atoms with Crippen LogP contribution in [0.25, 0.3) is 0 Å².